The Balaban J connectivity index is 1.74. The molecule has 252 valence electrons. The number of fused-ring (bicyclic) bond motifs is 3. The van der Waals surface area contributed by atoms with Crippen LogP contribution in [0.5, 0.6) is 0 Å². The van der Waals surface area contributed by atoms with Crippen molar-refractivity contribution in [3.63, 3.8) is 0 Å². The number of esters is 1. The number of hydrogen-bond acceptors (Lipinski definition) is 6. The van der Waals surface area contributed by atoms with Crippen LogP contribution in [0.3, 0.4) is 0 Å². The maximum absolute atomic E-state index is 13.6. The summed E-state index contributed by atoms with van der Waals surface area (Å²) in [5, 5.41) is -0.0167. The van der Waals surface area contributed by atoms with Crippen LogP contribution in [0.1, 0.15) is 85.3 Å². The maximum Gasteiger partial charge on any atom is 0.410 e. The van der Waals surface area contributed by atoms with Crippen molar-refractivity contribution in [2.24, 2.45) is 11.8 Å². The summed E-state index contributed by atoms with van der Waals surface area (Å²) in [6.07, 6.45) is 2.82. The third kappa shape index (κ3) is 8.56. The van der Waals surface area contributed by atoms with E-state index in [1.54, 1.807) is 20.9 Å². The number of carbonyl (C=O) groups is 3. The second kappa shape index (κ2) is 15.6. The summed E-state index contributed by atoms with van der Waals surface area (Å²) in [6.45, 7) is 20.8. The minimum Gasteiger partial charge on any atom is -0.460 e. The van der Waals surface area contributed by atoms with E-state index in [2.05, 4.69) is 78.9 Å². The van der Waals surface area contributed by atoms with E-state index in [1.807, 2.05) is 30.3 Å². The molecule has 5 atom stereocenters. The van der Waals surface area contributed by atoms with Crippen LogP contribution in [0.25, 0.3) is 11.1 Å². The van der Waals surface area contributed by atoms with Gasteiger partial charge in [-0.1, -0.05) is 103 Å². The summed E-state index contributed by atoms with van der Waals surface area (Å²) in [4.78, 5) is 39.6. The fourth-order valence-electron chi connectivity index (χ4n) is 5.71. The molecule has 3 rings (SSSR count). The van der Waals surface area contributed by atoms with Crippen molar-refractivity contribution in [1.82, 2.24) is 4.90 Å². The van der Waals surface area contributed by atoms with E-state index >= 15 is 0 Å². The molecule has 0 aromatic heterocycles. The van der Waals surface area contributed by atoms with Gasteiger partial charge in [0, 0.05) is 18.9 Å². The molecule has 0 radical (unpaired) electrons. The van der Waals surface area contributed by atoms with Gasteiger partial charge in [-0.2, -0.15) is 0 Å². The molecular weight excluding hydrogens is 595 g/mol. The van der Waals surface area contributed by atoms with Gasteiger partial charge in [-0.25, -0.2) is 9.59 Å². The van der Waals surface area contributed by atoms with E-state index < -0.39 is 32.5 Å². The molecule has 2 aromatic rings. The fraction of sp³-hybridized carbons (Fsp3) is 0.553. The van der Waals surface area contributed by atoms with E-state index in [0.717, 1.165) is 35.0 Å². The molecule has 0 saturated heterocycles. The van der Waals surface area contributed by atoms with Gasteiger partial charge in [-0.15, -0.1) is 0 Å². The number of rotatable bonds is 14. The molecular formula is C38H55NO6Si. The lowest BCUT2D eigenvalue weighted by molar-refractivity contribution is -0.162. The number of likely N-dealkylation sites (N-methyl/N-ethyl adjacent to an activating group) is 1. The Hall–Kier alpha value is -3.23. The third-order valence-electron chi connectivity index (χ3n) is 10.2. The van der Waals surface area contributed by atoms with Gasteiger partial charge >= 0.3 is 12.1 Å². The van der Waals surface area contributed by atoms with E-state index in [9.17, 15) is 14.4 Å². The Morgan fingerprint density at radius 3 is 2.02 bits per heavy atom. The Morgan fingerprint density at radius 1 is 0.978 bits per heavy atom. The largest absolute Gasteiger partial charge is 0.460 e. The van der Waals surface area contributed by atoms with Gasteiger partial charge in [0.05, 0.1) is 6.10 Å². The summed E-state index contributed by atoms with van der Waals surface area (Å²) in [5.74, 6) is -0.667. The van der Waals surface area contributed by atoms with Gasteiger partial charge in [0.15, 0.2) is 8.32 Å². The molecule has 8 heteroatoms. The standard InChI is InChI=1S/C38H55NO6Si/c1-12-26(3)35(27(4)34(22-21-25(2)23-40)45-46(10,11)38(6,7)8)44-36(41)28(5)39(9)37(42)43-24-33-31-19-15-13-17-29(31)30-18-14-16-20-32(30)33/h13-21,23,26-28,33-35H,12,22,24H2,1-11H3/b25-21+/t26-,27-,28-,34+,35-/m0/s1. The first-order valence-electron chi connectivity index (χ1n) is 16.6. The molecule has 0 bridgehead atoms. The lowest BCUT2D eigenvalue weighted by atomic mass is 9.86. The highest BCUT2D eigenvalue weighted by Crippen LogP contribution is 2.44. The molecule has 0 saturated carbocycles. The molecule has 0 spiro atoms. The monoisotopic (exact) mass is 649 g/mol. The molecule has 0 unspecified atom stereocenters. The number of aldehydes is 1. The van der Waals surface area contributed by atoms with Crippen LogP contribution >= 0.6 is 0 Å². The average Bonchev–Trinajstić information content (AvgIpc) is 3.35. The van der Waals surface area contributed by atoms with Crippen LogP contribution in [0.15, 0.2) is 60.2 Å². The van der Waals surface area contributed by atoms with Crippen LogP contribution in [0, 0.1) is 11.8 Å². The van der Waals surface area contributed by atoms with E-state index in [1.165, 1.54) is 4.90 Å². The topological polar surface area (TPSA) is 82.1 Å². The number of allylic oxidation sites excluding steroid dienone is 1. The summed E-state index contributed by atoms with van der Waals surface area (Å²) in [6, 6.07) is 15.5. The first kappa shape index (κ1) is 37.2. The fourth-order valence-corrected chi connectivity index (χ4v) is 7.13. The first-order valence-corrected chi connectivity index (χ1v) is 19.5. The molecule has 0 fully saturated rings. The Bertz CT molecular complexity index is 1350. The van der Waals surface area contributed by atoms with Crippen molar-refractivity contribution in [3.8, 4) is 11.1 Å². The molecule has 0 N–H and O–H groups in total. The molecule has 1 amide bonds. The molecule has 0 heterocycles. The molecule has 46 heavy (non-hydrogen) atoms. The van der Waals surface area contributed by atoms with Gasteiger partial charge in [0.1, 0.15) is 25.0 Å². The van der Waals surface area contributed by atoms with Crippen molar-refractivity contribution >= 4 is 26.7 Å². The zero-order chi connectivity index (χ0) is 34.4. The lowest BCUT2D eigenvalue weighted by Gasteiger charge is -2.43. The zero-order valence-corrected chi connectivity index (χ0v) is 30.8. The second-order valence-electron chi connectivity index (χ2n) is 14.5. The average molecular weight is 650 g/mol. The highest BCUT2D eigenvalue weighted by molar-refractivity contribution is 6.74. The smallest absolute Gasteiger partial charge is 0.410 e. The van der Waals surface area contributed by atoms with Gasteiger partial charge in [-0.3, -0.25) is 9.69 Å². The normalized spacial score (nSPS) is 16.8. The summed E-state index contributed by atoms with van der Waals surface area (Å²) < 4.78 is 18.9. The Kier molecular flexibility index (Phi) is 12.6. The minimum absolute atomic E-state index is 0.0167. The maximum atomic E-state index is 13.6. The molecule has 2 aromatic carbocycles. The summed E-state index contributed by atoms with van der Waals surface area (Å²) >= 11 is 0. The predicted molar refractivity (Wildman–Crippen MR) is 187 cm³/mol. The Labute approximate surface area is 277 Å². The highest BCUT2D eigenvalue weighted by Gasteiger charge is 2.43. The van der Waals surface area contributed by atoms with Crippen molar-refractivity contribution in [3.05, 3.63) is 71.3 Å². The van der Waals surface area contributed by atoms with Crippen LogP contribution in [-0.4, -0.2) is 63.5 Å². The number of ether oxygens (including phenoxy) is 2. The molecule has 1 aliphatic rings. The predicted octanol–water partition coefficient (Wildman–Crippen LogP) is 8.78. The zero-order valence-electron chi connectivity index (χ0n) is 29.8. The molecule has 0 aliphatic heterocycles. The van der Waals surface area contributed by atoms with Crippen molar-refractivity contribution in [1.29, 1.82) is 0 Å². The first-order chi connectivity index (χ1) is 21.5. The van der Waals surface area contributed by atoms with E-state index in [4.69, 9.17) is 13.9 Å². The number of hydrogen-bond donors (Lipinski definition) is 0. The van der Waals surface area contributed by atoms with Crippen molar-refractivity contribution in [2.75, 3.05) is 13.7 Å². The van der Waals surface area contributed by atoms with Crippen molar-refractivity contribution < 1.29 is 28.3 Å². The van der Waals surface area contributed by atoms with Gasteiger partial charge in [0.2, 0.25) is 0 Å². The van der Waals surface area contributed by atoms with Crippen molar-refractivity contribution in [2.45, 2.75) is 111 Å². The number of nitrogens with zero attached hydrogens (tertiary/aromatic N) is 1. The minimum atomic E-state index is -2.19. The Morgan fingerprint density at radius 2 is 1.52 bits per heavy atom. The number of amides is 1. The van der Waals surface area contributed by atoms with Crippen LogP contribution < -0.4 is 0 Å². The van der Waals surface area contributed by atoms with Crippen LogP contribution in [0.4, 0.5) is 4.79 Å². The van der Waals surface area contributed by atoms with Gasteiger partial charge < -0.3 is 13.9 Å². The SMILES string of the molecule is CC[C@H](C)[C@H](OC(=O)[C@H](C)N(C)C(=O)OCC1c2ccccc2-c2ccccc21)[C@@H](C)[C@@H](C/C=C(\C)C=O)O[Si](C)(C)C(C)(C)C. The highest BCUT2D eigenvalue weighted by atomic mass is 28.4. The van der Waals surface area contributed by atoms with E-state index in [0.29, 0.717) is 12.0 Å². The van der Waals surface area contributed by atoms with Crippen LogP contribution in [0.2, 0.25) is 18.1 Å². The summed E-state index contributed by atoms with van der Waals surface area (Å²) in [5.41, 5.74) is 5.21. The number of benzene rings is 2. The summed E-state index contributed by atoms with van der Waals surface area (Å²) in [7, 11) is -0.618. The van der Waals surface area contributed by atoms with Gasteiger partial charge in [-0.05, 0) is 72.1 Å². The third-order valence-corrected chi connectivity index (χ3v) is 14.7. The molecule has 7 nitrogen and oxygen atoms in total. The quantitative estimate of drug-likeness (QED) is 0.0881. The van der Waals surface area contributed by atoms with E-state index in [-0.39, 0.29) is 35.5 Å². The lowest BCUT2D eigenvalue weighted by Crippen LogP contribution is -2.49. The molecule has 1 aliphatic carbocycles. The van der Waals surface area contributed by atoms with Crippen LogP contribution in [-0.2, 0) is 23.5 Å². The number of carbonyl (C=O) groups excluding carboxylic acids is 3. The van der Waals surface area contributed by atoms with Gasteiger partial charge in [0.25, 0.3) is 0 Å². The second-order valence-corrected chi connectivity index (χ2v) is 19.2.